The Balaban J connectivity index is 2.14. The van der Waals surface area contributed by atoms with Gasteiger partial charge in [0, 0.05) is 24.5 Å². The SMILES string of the molecule is Cc1noc(C)c1CNC(=O)c1ccncc1C#CCN. The van der Waals surface area contributed by atoms with Crippen LogP contribution in [0.5, 0.6) is 0 Å². The van der Waals surface area contributed by atoms with Crippen molar-refractivity contribution in [2.24, 2.45) is 5.73 Å². The van der Waals surface area contributed by atoms with Gasteiger partial charge in [-0.15, -0.1) is 0 Å². The Kier molecular flexibility index (Phi) is 4.69. The summed E-state index contributed by atoms with van der Waals surface area (Å²) in [4.78, 5) is 16.2. The van der Waals surface area contributed by atoms with E-state index >= 15 is 0 Å². The molecule has 0 fully saturated rings. The molecule has 6 heteroatoms. The van der Waals surface area contributed by atoms with Gasteiger partial charge >= 0.3 is 0 Å². The molecule has 2 heterocycles. The predicted octanol–water partition coefficient (Wildman–Crippen LogP) is 0.927. The van der Waals surface area contributed by atoms with Gasteiger partial charge in [0.25, 0.3) is 5.91 Å². The van der Waals surface area contributed by atoms with Gasteiger partial charge in [-0.25, -0.2) is 0 Å². The zero-order valence-electron chi connectivity index (χ0n) is 11.9. The van der Waals surface area contributed by atoms with Gasteiger partial charge < -0.3 is 15.6 Å². The van der Waals surface area contributed by atoms with Crippen molar-refractivity contribution in [2.45, 2.75) is 20.4 Å². The summed E-state index contributed by atoms with van der Waals surface area (Å²) in [5, 5.41) is 6.69. The highest BCUT2D eigenvalue weighted by Crippen LogP contribution is 2.12. The number of carbonyl (C=O) groups excluding carboxylic acids is 1. The van der Waals surface area contributed by atoms with Gasteiger partial charge in [-0.3, -0.25) is 9.78 Å². The van der Waals surface area contributed by atoms with Gasteiger partial charge in [0.2, 0.25) is 0 Å². The largest absolute Gasteiger partial charge is 0.361 e. The number of aromatic nitrogens is 2. The zero-order chi connectivity index (χ0) is 15.2. The van der Waals surface area contributed by atoms with E-state index in [1.54, 1.807) is 18.5 Å². The highest BCUT2D eigenvalue weighted by molar-refractivity contribution is 5.96. The third kappa shape index (κ3) is 3.46. The average Bonchev–Trinajstić information content (AvgIpc) is 2.82. The van der Waals surface area contributed by atoms with Crippen LogP contribution in [0.15, 0.2) is 23.0 Å². The van der Waals surface area contributed by atoms with Crippen LogP contribution in [0, 0.1) is 25.7 Å². The van der Waals surface area contributed by atoms with Gasteiger partial charge in [0.1, 0.15) is 5.76 Å². The number of pyridine rings is 1. The van der Waals surface area contributed by atoms with Gasteiger partial charge in [-0.2, -0.15) is 0 Å². The molecule has 3 N–H and O–H groups in total. The number of nitrogens with two attached hydrogens (primary N) is 1. The van der Waals surface area contributed by atoms with Gasteiger partial charge in [-0.1, -0.05) is 17.0 Å². The van der Waals surface area contributed by atoms with Crippen LogP contribution in [-0.2, 0) is 6.54 Å². The Hall–Kier alpha value is -2.65. The van der Waals surface area contributed by atoms with Crippen LogP contribution in [0.25, 0.3) is 0 Å². The van der Waals surface area contributed by atoms with Gasteiger partial charge in [-0.05, 0) is 19.9 Å². The molecule has 0 bridgehead atoms. The molecule has 2 rings (SSSR count). The summed E-state index contributed by atoms with van der Waals surface area (Å²) in [6.07, 6.45) is 3.10. The molecular weight excluding hydrogens is 268 g/mol. The fourth-order valence-electron chi connectivity index (χ4n) is 1.86. The molecular formula is C15H16N4O2. The van der Waals surface area contributed by atoms with Crippen LogP contribution in [-0.4, -0.2) is 22.6 Å². The summed E-state index contributed by atoms with van der Waals surface area (Å²) in [6.45, 7) is 4.23. The number of hydrogen-bond acceptors (Lipinski definition) is 5. The summed E-state index contributed by atoms with van der Waals surface area (Å²) >= 11 is 0. The lowest BCUT2D eigenvalue weighted by molar-refractivity contribution is 0.0950. The highest BCUT2D eigenvalue weighted by atomic mass is 16.5. The molecule has 1 amide bonds. The maximum Gasteiger partial charge on any atom is 0.252 e. The third-order valence-electron chi connectivity index (χ3n) is 3.00. The zero-order valence-corrected chi connectivity index (χ0v) is 11.9. The topological polar surface area (TPSA) is 94.0 Å². The molecule has 0 aromatic carbocycles. The van der Waals surface area contributed by atoms with Crippen LogP contribution < -0.4 is 11.1 Å². The quantitative estimate of drug-likeness (QED) is 0.818. The lowest BCUT2D eigenvalue weighted by Gasteiger charge is -2.06. The number of carbonyl (C=O) groups is 1. The standard InChI is InChI=1S/C15H16N4O2/c1-10-14(11(2)21-19-10)9-18-15(20)13-5-7-17-8-12(13)4-3-6-16/h5,7-8H,6,9,16H2,1-2H3,(H,18,20). The average molecular weight is 284 g/mol. The molecule has 21 heavy (non-hydrogen) atoms. The van der Waals surface area contributed by atoms with Crippen LogP contribution in [0.3, 0.4) is 0 Å². The Morgan fingerprint density at radius 3 is 2.95 bits per heavy atom. The summed E-state index contributed by atoms with van der Waals surface area (Å²) in [5.74, 6) is 6.04. The molecule has 0 atom stereocenters. The maximum absolute atomic E-state index is 12.3. The maximum atomic E-state index is 12.3. The van der Waals surface area contributed by atoms with Crippen molar-refractivity contribution >= 4 is 5.91 Å². The Morgan fingerprint density at radius 2 is 2.29 bits per heavy atom. The first-order valence-corrected chi connectivity index (χ1v) is 6.46. The van der Waals surface area contributed by atoms with Gasteiger partial charge in [0.15, 0.2) is 0 Å². The molecule has 0 aliphatic carbocycles. The molecule has 0 saturated heterocycles. The second-order valence-corrected chi connectivity index (χ2v) is 4.41. The first kappa shape index (κ1) is 14.8. The van der Waals surface area contributed by atoms with Crippen molar-refractivity contribution in [1.82, 2.24) is 15.5 Å². The fraction of sp³-hybridized carbons (Fsp3) is 0.267. The molecule has 0 unspecified atom stereocenters. The molecule has 0 aliphatic heterocycles. The van der Waals surface area contributed by atoms with E-state index in [1.807, 2.05) is 13.8 Å². The van der Waals surface area contributed by atoms with Crippen molar-refractivity contribution in [2.75, 3.05) is 6.54 Å². The Bertz CT molecular complexity index is 690. The number of amides is 1. The van der Waals surface area contributed by atoms with Crippen LogP contribution in [0.4, 0.5) is 0 Å². The molecule has 0 aliphatic rings. The van der Waals surface area contributed by atoms with Crippen molar-refractivity contribution in [3.63, 3.8) is 0 Å². The molecule has 0 saturated carbocycles. The number of nitrogens with one attached hydrogen (secondary N) is 1. The number of hydrogen-bond donors (Lipinski definition) is 2. The van der Waals surface area contributed by atoms with E-state index in [-0.39, 0.29) is 12.5 Å². The van der Waals surface area contributed by atoms with Crippen molar-refractivity contribution in [3.8, 4) is 11.8 Å². The highest BCUT2D eigenvalue weighted by Gasteiger charge is 2.13. The Labute approximate surface area is 122 Å². The van der Waals surface area contributed by atoms with Crippen molar-refractivity contribution in [1.29, 1.82) is 0 Å². The summed E-state index contributed by atoms with van der Waals surface area (Å²) in [7, 11) is 0. The van der Waals surface area contributed by atoms with Gasteiger partial charge in [0.05, 0.1) is 23.4 Å². The smallest absolute Gasteiger partial charge is 0.252 e. The molecule has 0 spiro atoms. The first-order valence-electron chi connectivity index (χ1n) is 6.46. The summed E-state index contributed by atoms with van der Waals surface area (Å²) in [5.41, 5.74) is 8.02. The van der Waals surface area contributed by atoms with E-state index < -0.39 is 0 Å². The van der Waals surface area contributed by atoms with Crippen molar-refractivity contribution < 1.29 is 9.32 Å². The molecule has 2 aromatic heterocycles. The third-order valence-corrected chi connectivity index (χ3v) is 3.00. The summed E-state index contributed by atoms with van der Waals surface area (Å²) in [6, 6.07) is 1.63. The van der Waals surface area contributed by atoms with Crippen LogP contribution in [0.1, 0.15) is 32.9 Å². The Morgan fingerprint density at radius 1 is 1.48 bits per heavy atom. The molecule has 0 radical (unpaired) electrons. The van der Waals surface area contributed by atoms with E-state index in [2.05, 4.69) is 27.3 Å². The second-order valence-electron chi connectivity index (χ2n) is 4.41. The minimum Gasteiger partial charge on any atom is -0.361 e. The van der Waals surface area contributed by atoms with Crippen LogP contribution in [0.2, 0.25) is 0 Å². The minimum absolute atomic E-state index is 0.223. The van der Waals surface area contributed by atoms with E-state index in [9.17, 15) is 4.79 Å². The van der Waals surface area contributed by atoms with E-state index in [1.165, 1.54) is 0 Å². The van der Waals surface area contributed by atoms with Crippen LogP contribution >= 0.6 is 0 Å². The molecule has 2 aromatic rings. The fourth-order valence-corrected chi connectivity index (χ4v) is 1.86. The summed E-state index contributed by atoms with van der Waals surface area (Å²) < 4.78 is 5.06. The number of nitrogens with zero attached hydrogens (tertiary/aromatic N) is 2. The van der Waals surface area contributed by atoms with E-state index in [4.69, 9.17) is 10.3 Å². The number of aryl methyl sites for hydroxylation is 2. The van der Waals surface area contributed by atoms with E-state index in [0.29, 0.717) is 23.4 Å². The second kappa shape index (κ2) is 6.68. The predicted molar refractivity (Wildman–Crippen MR) is 77.3 cm³/mol. The van der Waals surface area contributed by atoms with Crippen molar-refractivity contribution in [3.05, 3.63) is 46.6 Å². The minimum atomic E-state index is -0.223. The monoisotopic (exact) mass is 284 g/mol. The lowest BCUT2D eigenvalue weighted by atomic mass is 10.1. The normalized spacial score (nSPS) is 9.86. The van der Waals surface area contributed by atoms with E-state index in [0.717, 1.165) is 11.3 Å². The molecule has 108 valence electrons. The molecule has 6 nitrogen and oxygen atoms in total. The first-order chi connectivity index (χ1) is 10.1. The number of rotatable bonds is 3. The lowest BCUT2D eigenvalue weighted by Crippen LogP contribution is -2.24.